The van der Waals surface area contributed by atoms with Crippen LogP contribution >= 0.6 is 0 Å². The van der Waals surface area contributed by atoms with Crippen molar-refractivity contribution in [1.82, 2.24) is 10.3 Å². The van der Waals surface area contributed by atoms with E-state index in [1.807, 2.05) is 31.2 Å². The second-order valence-electron chi connectivity index (χ2n) is 8.27. The van der Waals surface area contributed by atoms with Crippen molar-refractivity contribution in [3.8, 4) is 23.0 Å². The molecule has 0 aliphatic carbocycles. The van der Waals surface area contributed by atoms with Gasteiger partial charge in [-0.2, -0.15) is 13.2 Å². The molecule has 2 aromatic carbocycles. The molecule has 0 spiro atoms. The molecule has 4 rings (SSSR count). The van der Waals surface area contributed by atoms with E-state index in [9.17, 15) is 22.8 Å². The van der Waals surface area contributed by atoms with Gasteiger partial charge in [0.1, 0.15) is 29.6 Å². The average molecular weight is 516 g/mol. The normalized spacial score (nSPS) is 15.9. The number of cyclic esters (lactones) is 1. The Morgan fingerprint density at radius 1 is 1.11 bits per heavy atom. The zero-order valence-corrected chi connectivity index (χ0v) is 19.9. The highest BCUT2D eigenvalue weighted by Gasteiger charge is 2.31. The van der Waals surface area contributed by atoms with E-state index in [1.165, 1.54) is 12.1 Å². The fraction of sp³-hybridized carbons (Fsp3) is 0.269. The van der Waals surface area contributed by atoms with E-state index >= 15 is 0 Å². The van der Waals surface area contributed by atoms with Crippen LogP contribution in [0.3, 0.4) is 0 Å². The second-order valence-corrected chi connectivity index (χ2v) is 8.27. The van der Waals surface area contributed by atoms with Crippen LogP contribution in [-0.4, -0.2) is 35.9 Å². The van der Waals surface area contributed by atoms with Gasteiger partial charge < -0.3 is 18.6 Å². The number of carbonyl (C=O) groups excluding carboxylic acids is 2. The van der Waals surface area contributed by atoms with Gasteiger partial charge in [-0.15, -0.1) is 0 Å². The minimum Gasteiger partial charge on any atom is -0.487 e. The first-order valence-electron chi connectivity index (χ1n) is 11.2. The van der Waals surface area contributed by atoms with E-state index in [2.05, 4.69) is 10.3 Å². The summed E-state index contributed by atoms with van der Waals surface area (Å²) in [5, 5.41) is 2.09. The zero-order valence-electron chi connectivity index (χ0n) is 19.9. The number of carbonyl (C=O) groups is 2. The van der Waals surface area contributed by atoms with Gasteiger partial charge in [-0.25, -0.2) is 9.78 Å². The van der Waals surface area contributed by atoms with Crippen molar-refractivity contribution in [2.75, 3.05) is 6.61 Å². The topological polar surface area (TPSA) is 99.9 Å². The van der Waals surface area contributed by atoms with Crippen molar-refractivity contribution in [2.24, 2.45) is 0 Å². The number of rotatable bonds is 9. The maximum Gasteiger partial charge on any atom is 0.422 e. The first kappa shape index (κ1) is 25.8. The van der Waals surface area contributed by atoms with Crippen LogP contribution in [0.2, 0.25) is 0 Å². The number of aromatic nitrogens is 1. The van der Waals surface area contributed by atoms with Crippen LogP contribution in [0.5, 0.6) is 11.5 Å². The van der Waals surface area contributed by atoms with Gasteiger partial charge >= 0.3 is 12.3 Å². The Balaban J connectivity index is 1.37. The van der Waals surface area contributed by atoms with Crippen molar-refractivity contribution in [1.29, 1.82) is 0 Å². The van der Waals surface area contributed by atoms with E-state index in [0.29, 0.717) is 28.7 Å². The highest BCUT2D eigenvalue weighted by atomic mass is 19.4. The number of hydrogen-bond acceptors (Lipinski definition) is 7. The van der Waals surface area contributed by atoms with Crippen LogP contribution in [-0.2, 0) is 16.1 Å². The molecule has 1 aromatic heterocycles. The minimum absolute atomic E-state index is 0.0876. The zero-order chi connectivity index (χ0) is 26.6. The third-order valence-corrected chi connectivity index (χ3v) is 5.47. The van der Waals surface area contributed by atoms with Crippen molar-refractivity contribution in [3.05, 3.63) is 71.6 Å². The van der Waals surface area contributed by atoms with Gasteiger partial charge in [0, 0.05) is 12.0 Å². The number of imide groups is 1. The predicted octanol–water partition coefficient (Wildman–Crippen LogP) is 5.60. The maximum absolute atomic E-state index is 12.3. The summed E-state index contributed by atoms with van der Waals surface area (Å²) in [6, 6.07) is 13.3. The number of oxazole rings is 1. The number of alkyl halides is 3. The molecule has 37 heavy (non-hydrogen) atoms. The molecule has 0 bridgehead atoms. The van der Waals surface area contributed by atoms with Gasteiger partial charge in [0.05, 0.1) is 0 Å². The molecule has 2 heterocycles. The van der Waals surface area contributed by atoms with Gasteiger partial charge in [0.25, 0.3) is 5.91 Å². The molecular weight excluding hydrogens is 493 g/mol. The van der Waals surface area contributed by atoms with Crippen LogP contribution in [0.1, 0.15) is 30.4 Å². The monoisotopic (exact) mass is 516 g/mol. The van der Waals surface area contributed by atoms with Gasteiger partial charge in [0.2, 0.25) is 5.89 Å². The lowest BCUT2D eigenvalue weighted by Gasteiger charge is -2.09. The summed E-state index contributed by atoms with van der Waals surface area (Å²) < 4.78 is 58.2. The third kappa shape index (κ3) is 6.90. The van der Waals surface area contributed by atoms with E-state index in [1.54, 1.807) is 25.1 Å². The van der Waals surface area contributed by atoms with Crippen LogP contribution in [0.15, 0.2) is 59.0 Å². The SMILES string of the molecule is CC(=CCC1OC(=O)NC1=O)c1cccc(OCc2nc(-c3ccc(OCC(F)(F)F)cc3)oc2C)c1. The van der Waals surface area contributed by atoms with Crippen molar-refractivity contribution < 1.29 is 41.4 Å². The summed E-state index contributed by atoms with van der Waals surface area (Å²) in [5.41, 5.74) is 2.90. The quantitative estimate of drug-likeness (QED) is 0.395. The summed E-state index contributed by atoms with van der Waals surface area (Å²) in [6.45, 7) is 2.38. The summed E-state index contributed by atoms with van der Waals surface area (Å²) >= 11 is 0. The molecule has 0 radical (unpaired) electrons. The van der Waals surface area contributed by atoms with Crippen LogP contribution in [0, 0.1) is 6.92 Å². The number of hydrogen-bond donors (Lipinski definition) is 1. The van der Waals surface area contributed by atoms with Crippen molar-refractivity contribution in [2.45, 2.75) is 39.2 Å². The number of halogens is 3. The molecule has 0 saturated carbocycles. The molecule has 1 aliphatic heterocycles. The minimum atomic E-state index is -4.41. The van der Waals surface area contributed by atoms with Gasteiger partial charge in [0.15, 0.2) is 12.7 Å². The number of allylic oxidation sites excluding steroid dienone is 1. The Morgan fingerprint density at radius 2 is 1.86 bits per heavy atom. The smallest absolute Gasteiger partial charge is 0.422 e. The number of benzene rings is 2. The van der Waals surface area contributed by atoms with Crippen LogP contribution in [0.25, 0.3) is 17.0 Å². The predicted molar refractivity (Wildman–Crippen MR) is 126 cm³/mol. The Hall–Kier alpha value is -4.28. The number of alkyl carbamates (subject to hydrolysis) is 1. The Labute approximate surface area is 210 Å². The molecule has 8 nitrogen and oxygen atoms in total. The standard InChI is InChI=1S/C26H23F3N2O6/c1-15(6-11-22-23(32)31-25(33)37-22)18-4-3-5-20(12-18)34-13-21-16(2)36-24(30-21)17-7-9-19(10-8-17)35-14-26(27,28)29/h3-10,12,22H,11,13-14H2,1-2H3,(H,31,32,33). The van der Waals surface area contributed by atoms with E-state index in [0.717, 1.165) is 11.1 Å². The van der Waals surface area contributed by atoms with Gasteiger partial charge in [-0.05, 0) is 61.4 Å². The lowest BCUT2D eigenvalue weighted by Crippen LogP contribution is -2.23. The Kier molecular flexibility index (Phi) is 7.51. The summed E-state index contributed by atoms with van der Waals surface area (Å²) in [5.74, 6) is 1.07. The van der Waals surface area contributed by atoms with Crippen LogP contribution in [0.4, 0.5) is 18.0 Å². The number of nitrogens with one attached hydrogen (secondary N) is 1. The van der Waals surface area contributed by atoms with E-state index in [-0.39, 0.29) is 18.8 Å². The first-order chi connectivity index (χ1) is 17.6. The highest BCUT2D eigenvalue weighted by molar-refractivity contribution is 6.00. The first-order valence-corrected chi connectivity index (χ1v) is 11.2. The molecule has 11 heteroatoms. The fourth-order valence-electron chi connectivity index (χ4n) is 3.48. The second kappa shape index (κ2) is 10.8. The van der Waals surface area contributed by atoms with Crippen LogP contribution < -0.4 is 14.8 Å². The Bertz CT molecular complexity index is 1310. The average Bonchev–Trinajstić information content (AvgIpc) is 3.40. The lowest BCUT2D eigenvalue weighted by molar-refractivity contribution is -0.153. The molecule has 1 atom stereocenters. The molecule has 1 N–H and O–H groups in total. The van der Waals surface area contributed by atoms with E-state index in [4.69, 9.17) is 18.6 Å². The van der Waals surface area contributed by atoms with Crippen molar-refractivity contribution in [3.63, 3.8) is 0 Å². The number of amides is 2. The summed E-state index contributed by atoms with van der Waals surface area (Å²) in [7, 11) is 0. The molecular formula is C26H23F3N2O6. The molecule has 1 aliphatic rings. The molecule has 2 amide bonds. The maximum atomic E-state index is 12.3. The molecule has 1 saturated heterocycles. The Morgan fingerprint density at radius 3 is 2.54 bits per heavy atom. The largest absolute Gasteiger partial charge is 0.487 e. The number of aryl methyl sites for hydroxylation is 1. The highest BCUT2D eigenvalue weighted by Crippen LogP contribution is 2.27. The summed E-state index contributed by atoms with van der Waals surface area (Å²) in [4.78, 5) is 27.2. The van der Waals surface area contributed by atoms with E-state index < -0.39 is 30.9 Å². The summed E-state index contributed by atoms with van der Waals surface area (Å²) in [6.07, 6.45) is -3.92. The van der Waals surface area contributed by atoms with Gasteiger partial charge in [-0.3, -0.25) is 10.1 Å². The third-order valence-electron chi connectivity index (χ3n) is 5.47. The van der Waals surface area contributed by atoms with Gasteiger partial charge in [-0.1, -0.05) is 18.2 Å². The fourth-order valence-corrected chi connectivity index (χ4v) is 3.48. The van der Waals surface area contributed by atoms with Crippen molar-refractivity contribution >= 4 is 17.6 Å². The number of ether oxygens (including phenoxy) is 3. The number of nitrogens with zero attached hydrogens (tertiary/aromatic N) is 1. The lowest BCUT2D eigenvalue weighted by atomic mass is 10.0. The molecule has 194 valence electrons. The molecule has 1 fully saturated rings. The molecule has 3 aromatic rings. The molecule has 1 unspecified atom stereocenters.